The molecule has 3 aromatic rings. The summed E-state index contributed by atoms with van der Waals surface area (Å²) in [6.45, 7) is 3.67. The second kappa shape index (κ2) is 5.62. The van der Waals surface area contributed by atoms with Crippen molar-refractivity contribution >= 4 is 33.3 Å². The average molecular weight is 324 g/mol. The van der Waals surface area contributed by atoms with E-state index in [4.69, 9.17) is 0 Å². The minimum Gasteiger partial charge on any atom is -0.353 e. The Morgan fingerprint density at radius 1 is 1.22 bits per heavy atom. The van der Waals surface area contributed by atoms with Crippen LogP contribution in [0.4, 0.5) is 5.82 Å². The number of nitrogens with zero attached hydrogens (tertiary/aromatic N) is 3. The van der Waals surface area contributed by atoms with Gasteiger partial charge in [-0.05, 0) is 18.6 Å². The van der Waals surface area contributed by atoms with Gasteiger partial charge >= 0.3 is 0 Å². The van der Waals surface area contributed by atoms with E-state index >= 15 is 0 Å². The number of fused-ring (bicyclic) bond motifs is 1. The predicted molar refractivity (Wildman–Crippen MR) is 92.8 cm³/mol. The number of aromatic nitrogens is 2. The van der Waals surface area contributed by atoms with Crippen molar-refractivity contribution < 1.29 is 4.79 Å². The van der Waals surface area contributed by atoms with Crippen LogP contribution in [0.2, 0.25) is 0 Å². The molecule has 1 aromatic carbocycles. The van der Waals surface area contributed by atoms with Crippen LogP contribution in [-0.4, -0.2) is 35.5 Å². The van der Waals surface area contributed by atoms with Gasteiger partial charge in [0.2, 0.25) is 5.91 Å². The van der Waals surface area contributed by atoms with Gasteiger partial charge < -0.3 is 10.2 Å². The van der Waals surface area contributed by atoms with Crippen LogP contribution in [0.25, 0.3) is 20.7 Å². The second-order valence-electron chi connectivity index (χ2n) is 5.56. The van der Waals surface area contributed by atoms with Crippen LogP contribution in [0.3, 0.4) is 0 Å². The zero-order valence-electron chi connectivity index (χ0n) is 12.7. The third kappa shape index (κ3) is 2.66. The minimum absolute atomic E-state index is 0.0409. The number of carbonyl (C=O) groups is 1. The lowest BCUT2D eigenvalue weighted by atomic mass is 10.2. The van der Waals surface area contributed by atoms with Gasteiger partial charge in [0.15, 0.2) is 0 Å². The lowest BCUT2D eigenvalue weighted by molar-refractivity contribution is -0.120. The number of benzene rings is 1. The van der Waals surface area contributed by atoms with E-state index in [1.165, 1.54) is 10.4 Å². The zero-order valence-corrected chi connectivity index (χ0v) is 13.6. The molecule has 0 spiro atoms. The smallest absolute Gasteiger partial charge is 0.239 e. The average Bonchev–Trinajstić information content (AvgIpc) is 2.98. The highest BCUT2D eigenvalue weighted by atomic mass is 32.1. The molecule has 1 aliphatic rings. The molecule has 1 amide bonds. The summed E-state index contributed by atoms with van der Waals surface area (Å²) >= 11 is 1.67. The quantitative estimate of drug-likeness (QED) is 0.787. The molecule has 23 heavy (non-hydrogen) atoms. The molecule has 0 atom stereocenters. The highest BCUT2D eigenvalue weighted by Crippen LogP contribution is 2.36. The van der Waals surface area contributed by atoms with Crippen LogP contribution < -0.4 is 10.2 Å². The topological polar surface area (TPSA) is 58.1 Å². The Kier molecular flexibility index (Phi) is 3.46. The van der Waals surface area contributed by atoms with E-state index in [1.807, 2.05) is 30.0 Å². The molecule has 3 heterocycles. The molecule has 6 heteroatoms. The first-order valence-electron chi connectivity index (χ1n) is 7.56. The van der Waals surface area contributed by atoms with Gasteiger partial charge in [0.05, 0.1) is 11.9 Å². The maximum Gasteiger partial charge on any atom is 0.239 e. The monoisotopic (exact) mass is 324 g/mol. The lowest BCUT2D eigenvalue weighted by Gasteiger charge is -2.28. The van der Waals surface area contributed by atoms with Crippen LogP contribution in [0.15, 0.2) is 36.4 Å². The number of aryl methyl sites for hydroxylation is 1. The van der Waals surface area contributed by atoms with E-state index in [1.54, 1.807) is 11.3 Å². The Bertz CT molecular complexity index is 875. The number of thiophene rings is 1. The summed E-state index contributed by atoms with van der Waals surface area (Å²) in [6.07, 6.45) is 0. The van der Waals surface area contributed by atoms with Gasteiger partial charge in [-0.3, -0.25) is 4.79 Å². The molecule has 0 bridgehead atoms. The number of carbonyl (C=O) groups excluding carboxylic acids is 1. The standard InChI is InChI=1S/C17H16N4OS/c1-11-19-16(21-8-7-18-15(22)10-21)13-9-14(23-17(13)20-11)12-5-3-2-4-6-12/h2-6,9H,7-8,10H2,1H3,(H,18,22). The third-order valence-electron chi connectivity index (χ3n) is 3.88. The highest BCUT2D eigenvalue weighted by molar-refractivity contribution is 7.21. The molecule has 1 N–H and O–H groups in total. The Balaban J connectivity index is 1.84. The number of piperazine rings is 1. The molecular formula is C17H16N4OS. The van der Waals surface area contributed by atoms with Crippen LogP contribution in [0.5, 0.6) is 0 Å². The summed E-state index contributed by atoms with van der Waals surface area (Å²) in [7, 11) is 0. The van der Waals surface area contributed by atoms with E-state index in [0.29, 0.717) is 13.1 Å². The Labute approximate surface area is 138 Å². The number of hydrogen-bond acceptors (Lipinski definition) is 5. The Hall–Kier alpha value is -2.47. The van der Waals surface area contributed by atoms with Gasteiger partial charge in [-0.2, -0.15) is 0 Å². The number of amides is 1. The fourth-order valence-electron chi connectivity index (χ4n) is 2.82. The van der Waals surface area contributed by atoms with Gasteiger partial charge in [-0.25, -0.2) is 9.97 Å². The summed E-state index contributed by atoms with van der Waals surface area (Å²) in [5.41, 5.74) is 1.18. The maximum absolute atomic E-state index is 11.7. The number of rotatable bonds is 2. The van der Waals surface area contributed by atoms with E-state index < -0.39 is 0 Å². The van der Waals surface area contributed by atoms with Crippen LogP contribution in [0, 0.1) is 6.92 Å². The van der Waals surface area contributed by atoms with Crippen molar-refractivity contribution in [3.05, 3.63) is 42.2 Å². The minimum atomic E-state index is 0.0409. The van der Waals surface area contributed by atoms with Gasteiger partial charge in [0, 0.05) is 18.0 Å². The molecule has 4 rings (SSSR count). The fourth-order valence-corrected chi connectivity index (χ4v) is 3.89. The molecule has 5 nitrogen and oxygen atoms in total. The lowest BCUT2D eigenvalue weighted by Crippen LogP contribution is -2.48. The number of nitrogens with one attached hydrogen (secondary N) is 1. The second-order valence-corrected chi connectivity index (χ2v) is 6.59. The molecule has 0 unspecified atom stereocenters. The van der Waals surface area contributed by atoms with Crippen LogP contribution >= 0.6 is 11.3 Å². The number of anilines is 1. The van der Waals surface area contributed by atoms with Crippen molar-refractivity contribution in [3.63, 3.8) is 0 Å². The normalized spacial score (nSPS) is 15.0. The largest absolute Gasteiger partial charge is 0.353 e. The number of hydrogen-bond donors (Lipinski definition) is 1. The first-order chi connectivity index (χ1) is 11.2. The highest BCUT2D eigenvalue weighted by Gasteiger charge is 2.21. The van der Waals surface area contributed by atoms with Crippen molar-refractivity contribution in [2.24, 2.45) is 0 Å². The molecule has 0 radical (unpaired) electrons. The predicted octanol–water partition coefficient (Wildman–Crippen LogP) is 2.60. The van der Waals surface area contributed by atoms with Crippen molar-refractivity contribution in [3.8, 4) is 10.4 Å². The zero-order chi connectivity index (χ0) is 15.8. The van der Waals surface area contributed by atoms with Crippen LogP contribution in [0.1, 0.15) is 5.82 Å². The summed E-state index contributed by atoms with van der Waals surface area (Å²) in [4.78, 5) is 25.1. The summed E-state index contributed by atoms with van der Waals surface area (Å²) in [6, 6.07) is 12.4. The van der Waals surface area contributed by atoms with Gasteiger partial charge in [0.25, 0.3) is 0 Å². The fraction of sp³-hybridized carbons (Fsp3) is 0.235. The molecule has 0 aliphatic carbocycles. The summed E-state index contributed by atoms with van der Waals surface area (Å²) < 4.78 is 0. The molecule has 0 saturated carbocycles. The van der Waals surface area contributed by atoms with E-state index in [9.17, 15) is 4.79 Å². The van der Waals surface area contributed by atoms with Crippen molar-refractivity contribution in [2.45, 2.75) is 6.92 Å². The molecular weight excluding hydrogens is 308 g/mol. The van der Waals surface area contributed by atoms with Crippen molar-refractivity contribution in [1.82, 2.24) is 15.3 Å². The summed E-state index contributed by atoms with van der Waals surface area (Å²) in [5.74, 6) is 1.64. The summed E-state index contributed by atoms with van der Waals surface area (Å²) in [5, 5.41) is 3.88. The molecule has 1 aliphatic heterocycles. The van der Waals surface area contributed by atoms with Gasteiger partial charge in [-0.15, -0.1) is 11.3 Å². The Morgan fingerprint density at radius 2 is 2.04 bits per heavy atom. The van der Waals surface area contributed by atoms with Gasteiger partial charge in [0.1, 0.15) is 16.5 Å². The molecule has 2 aromatic heterocycles. The van der Waals surface area contributed by atoms with E-state index in [-0.39, 0.29) is 5.91 Å². The molecule has 116 valence electrons. The SMILES string of the molecule is Cc1nc(N2CCNC(=O)C2)c2cc(-c3ccccc3)sc2n1. The first kappa shape index (κ1) is 14.1. The third-order valence-corrected chi connectivity index (χ3v) is 4.96. The molecule has 1 saturated heterocycles. The maximum atomic E-state index is 11.7. The van der Waals surface area contributed by atoms with Crippen molar-refractivity contribution in [1.29, 1.82) is 0 Å². The molecule has 1 fully saturated rings. The van der Waals surface area contributed by atoms with Crippen LogP contribution in [-0.2, 0) is 4.79 Å². The Morgan fingerprint density at radius 3 is 2.83 bits per heavy atom. The van der Waals surface area contributed by atoms with Gasteiger partial charge in [-0.1, -0.05) is 30.3 Å². The van der Waals surface area contributed by atoms with E-state index in [0.717, 1.165) is 28.4 Å². The van der Waals surface area contributed by atoms with Crippen molar-refractivity contribution in [2.75, 3.05) is 24.5 Å². The van der Waals surface area contributed by atoms with E-state index in [2.05, 4.69) is 33.5 Å². The first-order valence-corrected chi connectivity index (χ1v) is 8.37.